The van der Waals surface area contributed by atoms with Crippen LogP contribution in [-0.2, 0) is 21.2 Å². The van der Waals surface area contributed by atoms with Crippen LogP contribution in [-0.4, -0.2) is 30.0 Å². The van der Waals surface area contributed by atoms with Crippen molar-refractivity contribution in [3.05, 3.63) is 82.6 Å². The molecule has 0 radical (unpaired) electrons. The van der Waals surface area contributed by atoms with Gasteiger partial charge in [-0.25, -0.2) is 13.4 Å². The Hall–Kier alpha value is -2.52. The zero-order valence-corrected chi connectivity index (χ0v) is 20.5. The zero-order chi connectivity index (χ0) is 23.4. The minimum Gasteiger partial charge on any atom is -0.282 e. The molecule has 0 saturated heterocycles. The number of aromatic nitrogens is 2. The summed E-state index contributed by atoms with van der Waals surface area (Å²) < 4.78 is 26.1. The van der Waals surface area contributed by atoms with E-state index in [-0.39, 0.29) is 35.9 Å². The van der Waals surface area contributed by atoms with Gasteiger partial charge in [0, 0.05) is 22.7 Å². The lowest BCUT2D eigenvalue weighted by Crippen LogP contribution is -2.30. The monoisotopic (exact) mass is 519 g/mol. The maximum atomic E-state index is 13.2. The number of amides is 1. The highest BCUT2D eigenvalue weighted by atomic mass is 35.5. The molecule has 0 atom stereocenters. The number of sulfone groups is 1. The Kier molecular flexibility index (Phi) is 7.29. The van der Waals surface area contributed by atoms with Crippen molar-refractivity contribution in [3.63, 3.8) is 0 Å². The fraction of sp³-hybridized carbons (Fsp3) is 0.174. The number of hydrogen-bond acceptors (Lipinski definition) is 6. The van der Waals surface area contributed by atoms with Crippen molar-refractivity contribution in [2.75, 3.05) is 10.7 Å². The lowest BCUT2D eigenvalue weighted by Gasteiger charge is -2.19. The van der Waals surface area contributed by atoms with Crippen LogP contribution in [0.4, 0.5) is 5.13 Å². The largest absolute Gasteiger partial charge is 0.282 e. The molecule has 0 aliphatic heterocycles. The van der Waals surface area contributed by atoms with Gasteiger partial charge in [0.1, 0.15) is 0 Å². The second kappa shape index (κ2) is 10.2. The van der Waals surface area contributed by atoms with Gasteiger partial charge >= 0.3 is 0 Å². The average molecular weight is 520 g/mol. The van der Waals surface area contributed by atoms with E-state index in [1.807, 2.05) is 12.1 Å². The molecule has 1 amide bonds. The number of rotatable bonds is 8. The Labute approximate surface area is 205 Å². The van der Waals surface area contributed by atoms with Crippen LogP contribution in [0.15, 0.2) is 71.8 Å². The van der Waals surface area contributed by atoms with Crippen LogP contribution in [0.25, 0.3) is 10.2 Å². The molecule has 0 unspecified atom stereocenters. The summed E-state index contributed by atoms with van der Waals surface area (Å²) in [5.74, 6) is -0.370. The molecule has 0 N–H and O–H groups in total. The zero-order valence-electron chi connectivity index (χ0n) is 17.3. The lowest BCUT2D eigenvalue weighted by atomic mass is 10.2. The average Bonchev–Trinajstić information content (AvgIpc) is 3.21. The summed E-state index contributed by atoms with van der Waals surface area (Å²) in [6, 6.07) is 16.9. The first-order valence-electron chi connectivity index (χ1n) is 10.1. The predicted octanol–water partition coefficient (Wildman–Crippen LogP) is 5.79. The lowest BCUT2D eigenvalue weighted by molar-refractivity contribution is -0.118. The molecule has 0 aliphatic rings. The van der Waals surface area contributed by atoms with Crippen molar-refractivity contribution >= 4 is 65.6 Å². The summed E-state index contributed by atoms with van der Waals surface area (Å²) >= 11 is 13.3. The summed E-state index contributed by atoms with van der Waals surface area (Å²) in [6.07, 6.45) is 1.89. The Balaban J connectivity index is 1.52. The van der Waals surface area contributed by atoms with Crippen molar-refractivity contribution < 1.29 is 13.2 Å². The first-order chi connectivity index (χ1) is 15.8. The van der Waals surface area contributed by atoms with Crippen molar-refractivity contribution in [3.8, 4) is 0 Å². The Morgan fingerprint density at radius 1 is 1.00 bits per heavy atom. The molecule has 2 heterocycles. The van der Waals surface area contributed by atoms with Gasteiger partial charge in [-0.15, -0.1) is 0 Å². The second-order valence-electron chi connectivity index (χ2n) is 7.29. The van der Waals surface area contributed by atoms with Gasteiger partial charge < -0.3 is 0 Å². The van der Waals surface area contributed by atoms with Gasteiger partial charge in [0.25, 0.3) is 0 Å². The number of fused-ring (bicyclic) bond motifs is 1. The van der Waals surface area contributed by atoms with E-state index in [1.54, 1.807) is 35.4 Å². The molecule has 2 aromatic heterocycles. The summed E-state index contributed by atoms with van der Waals surface area (Å²) in [7, 11) is -3.52. The molecule has 0 spiro atoms. The Bertz CT molecular complexity index is 1380. The minimum absolute atomic E-state index is 0.0519. The highest BCUT2D eigenvalue weighted by Crippen LogP contribution is 2.32. The van der Waals surface area contributed by atoms with Gasteiger partial charge in [-0.2, -0.15) is 0 Å². The quantitative estimate of drug-likeness (QED) is 0.294. The maximum absolute atomic E-state index is 13.2. The Morgan fingerprint density at radius 3 is 2.48 bits per heavy atom. The van der Waals surface area contributed by atoms with E-state index in [2.05, 4.69) is 9.97 Å². The summed E-state index contributed by atoms with van der Waals surface area (Å²) in [5.41, 5.74) is 1.44. The highest BCUT2D eigenvalue weighted by Gasteiger charge is 2.22. The molecule has 0 bridgehead atoms. The molecule has 0 fully saturated rings. The van der Waals surface area contributed by atoms with E-state index in [0.717, 1.165) is 10.2 Å². The van der Waals surface area contributed by atoms with Crippen molar-refractivity contribution in [1.82, 2.24) is 9.97 Å². The molecule has 33 heavy (non-hydrogen) atoms. The topological polar surface area (TPSA) is 80.2 Å². The third-order valence-electron chi connectivity index (χ3n) is 4.89. The van der Waals surface area contributed by atoms with Crippen LogP contribution in [0.5, 0.6) is 0 Å². The van der Waals surface area contributed by atoms with Gasteiger partial charge in [-0.1, -0.05) is 40.6 Å². The first kappa shape index (κ1) is 23.6. The van der Waals surface area contributed by atoms with Crippen LogP contribution in [0.1, 0.15) is 18.5 Å². The number of halogens is 2. The van der Waals surface area contributed by atoms with Crippen molar-refractivity contribution in [2.24, 2.45) is 0 Å². The molecule has 6 nitrogen and oxygen atoms in total. The van der Waals surface area contributed by atoms with Crippen LogP contribution in [0, 0.1) is 0 Å². The number of carbonyl (C=O) groups excluding carboxylic acids is 1. The smallest absolute Gasteiger partial charge is 0.229 e. The standard InChI is InChI=1S/C23H19Cl2N3O3S2/c24-16-6-9-19(10-7-16)33(30,31)13-3-5-22(29)28(15-18-4-1-2-12-26-18)23-27-20-11-8-17(25)14-21(20)32-23/h1-2,4,6-12,14H,3,5,13,15H2. The molecule has 4 aromatic rings. The van der Waals surface area contributed by atoms with Gasteiger partial charge in [0.15, 0.2) is 15.0 Å². The molecule has 10 heteroatoms. The van der Waals surface area contributed by atoms with Crippen LogP contribution in [0.3, 0.4) is 0 Å². The van der Waals surface area contributed by atoms with E-state index < -0.39 is 9.84 Å². The number of nitrogens with zero attached hydrogens (tertiary/aromatic N) is 3. The molecule has 170 valence electrons. The predicted molar refractivity (Wildman–Crippen MR) is 133 cm³/mol. The molecule has 2 aromatic carbocycles. The highest BCUT2D eigenvalue weighted by molar-refractivity contribution is 7.91. The van der Waals surface area contributed by atoms with Gasteiger partial charge in [0.05, 0.1) is 33.1 Å². The van der Waals surface area contributed by atoms with Crippen LogP contribution >= 0.6 is 34.5 Å². The van der Waals surface area contributed by atoms with E-state index in [0.29, 0.717) is 20.9 Å². The Morgan fingerprint density at radius 2 is 1.76 bits per heavy atom. The minimum atomic E-state index is -3.52. The van der Waals surface area contributed by atoms with Crippen LogP contribution in [0.2, 0.25) is 10.0 Å². The van der Waals surface area contributed by atoms with Crippen molar-refractivity contribution in [1.29, 1.82) is 0 Å². The SMILES string of the molecule is O=C(CCCS(=O)(=O)c1ccc(Cl)cc1)N(Cc1ccccn1)c1nc2ccc(Cl)cc2s1. The molecule has 0 aliphatic carbocycles. The summed E-state index contributed by atoms with van der Waals surface area (Å²) in [5, 5.41) is 1.57. The van der Waals surface area contributed by atoms with E-state index in [1.165, 1.54) is 35.6 Å². The fourth-order valence-electron chi connectivity index (χ4n) is 3.23. The first-order valence-corrected chi connectivity index (χ1v) is 13.3. The van der Waals surface area contributed by atoms with E-state index >= 15 is 0 Å². The fourth-order valence-corrected chi connectivity index (χ4v) is 5.92. The van der Waals surface area contributed by atoms with Crippen LogP contribution < -0.4 is 4.90 Å². The molecular formula is C23H19Cl2N3O3S2. The molecular weight excluding hydrogens is 501 g/mol. The normalized spacial score (nSPS) is 11.6. The number of carbonyl (C=O) groups is 1. The summed E-state index contributed by atoms with van der Waals surface area (Å²) in [6.45, 7) is 0.233. The molecule has 0 saturated carbocycles. The van der Waals surface area contributed by atoms with E-state index in [9.17, 15) is 13.2 Å². The van der Waals surface area contributed by atoms with Crippen molar-refractivity contribution in [2.45, 2.75) is 24.3 Å². The number of hydrogen-bond donors (Lipinski definition) is 0. The van der Waals surface area contributed by atoms with Gasteiger partial charge in [-0.05, 0) is 61.0 Å². The summed E-state index contributed by atoms with van der Waals surface area (Å²) in [4.78, 5) is 23.8. The number of anilines is 1. The van der Waals surface area contributed by atoms with Gasteiger partial charge in [-0.3, -0.25) is 14.7 Å². The third-order valence-corrected chi connectivity index (χ3v) is 8.24. The number of benzene rings is 2. The maximum Gasteiger partial charge on any atom is 0.229 e. The number of thiazole rings is 1. The third kappa shape index (κ3) is 5.89. The number of pyridine rings is 1. The van der Waals surface area contributed by atoms with E-state index in [4.69, 9.17) is 23.2 Å². The molecule has 4 rings (SSSR count). The second-order valence-corrected chi connectivity index (χ2v) is 11.3. The van der Waals surface area contributed by atoms with Gasteiger partial charge in [0.2, 0.25) is 5.91 Å².